The van der Waals surface area contributed by atoms with Crippen LogP contribution in [0.2, 0.25) is 0 Å². The average Bonchev–Trinajstić information content (AvgIpc) is 2.66. The maximum atomic E-state index is 10.9. The van der Waals surface area contributed by atoms with Gasteiger partial charge in [-0.15, -0.1) is 11.3 Å². The Hall–Kier alpha value is -0.940. The molecule has 84 valence electrons. The first kappa shape index (κ1) is 12.1. The van der Waals surface area contributed by atoms with Gasteiger partial charge in [0.25, 0.3) is 0 Å². The standard InChI is InChI=1S/C10H15NO3S/c1-13-6-8-7-15-9(11-8)4-3-5-10(12)14-2/h7H,3-6H2,1-2H3. The first-order chi connectivity index (χ1) is 7.26. The Labute approximate surface area is 93.2 Å². The highest BCUT2D eigenvalue weighted by Gasteiger charge is 2.04. The van der Waals surface area contributed by atoms with Crippen molar-refractivity contribution in [2.24, 2.45) is 0 Å². The molecule has 5 heteroatoms. The summed E-state index contributed by atoms with van der Waals surface area (Å²) in [4.78, 5) is 15.2. The molecule has 0 fully saturated rings. The molecule has 0 aliphatic carbocycles. The summed E-state index contributed by atoms with van der Waals surface area (Å²) in [5, 5.41) is 3.03. The highest BCUT2D eigenvalue weighted by Crippen LogP contribution is 2.13. The van der Waals surface area contributed by atoms with E-state index in [-0.39, 0.29) is 5.97 Å². The van der Waals surface area contributed by atoms with Gasteiger partial charge in [-0.3, -0.25) is 4.79 Å². The van der Waals surface area contributed by atoms with Crippen molar-refractivity contribution in [1.29, 1.82) is 0 Å². The maximum absolute atomic E-state index is 10.9. The SMILES string of the molecule is COCc1csc(CCCC(=O)OC)n1. The number of esters is 1. The van der Waals surface area contributed by atoms with E-state index in [0.717, 1.165) is 23.5 Å². The monoisotopic (exact) mass is 229 g/mol. The number of ether oxygens (including phenoxy) is 2. The summed E-state index contributed by atoms with van der Waals surface area (Å²) in [5.74, 6) is -0.163. The molecule has 4 nitrogen and oxygen atoms in total. The van der Waals surface area contributed by atoms with Gasteiger partial charge >= 0.3 is 5.97 Å². The van der Waals surface area contributed by atoms with Crippen molar-refractivity contribution in [3.05, 3.63) is 16.1 Å². The zero-order chi connectivity index (χ0) is 11.1. The molecule has 0 unspecified atom stereocenters. The number of nitrogens with zero attached hydrogens (tertiary/aromatic N) is 1. The van der Waals surface area contributed by atoms with Gasteiger partial charge in [-0.05, 0) is 12.8 Å². The molecule has 0 aliphatic rings. The van der Waals surface area contributed by atoms with Crippen LogP contribution in [0.5, 0.6) is 0 Å². The van der Waals surface area contributed by atoms with Gasteiger partial charge in [0, 0.05) is 18.9 Å². The van der Waals surface area contributed by atoms with Gasteiger partial charge in [0.2, 0.25) is 0 Å². The van der Waals surface area contributed by atoms with Gasteiger partial charge in [0.1, 0.15) is 0 Å². The molecule has 0 N–H and O–H groups in total. The minimum atomic E-state index is -0.163. The second-order valence-corrected chi connectivity index (χ2v) is 4.04. The molecule has 0 atom stereocenters. The van der Waals surface area contributed by atoms with Crippen molar-refractivity contribution in [2.45, 2.75) is 25.9 Å². The molecule has 1 rings (SSSR count). The Bertz CT molecular complexity index is 311. The molecule has 0 radical (unpaired) electrons. The van der Waals surface area contributed by atoms with E-state index in [1.165, 1.54) is 7.11 Å². The summed E-state index contributed by atoms with van der Waals surface area (Å²) in [6.07, 6.45) is 2.06. The van der Waals surface area contributed by atoms with Crippen LogP contribution in [0.25, 0.3) is 0 Å². The minimum absolute atomic E-state index is 0.163. The smallest absolute Gasteiger partial charge is 0.305 e. The van der Waals surface area contributed by atoms with Crippen molar-refractivity contribution < 1.29 is 14.3 Å². The lowest BCUT2D eigenvalue weighted by molar-refractivity contribution is -0.140. The first-order valence-corrected chi connectivity index (χ1v) is 5.63. The van der Waals surface area contributed by atoms with Crippen LogP contribution in [0.15, 0.2) is 5.38 Å². The van der Waals surface area contributed by atoms with Crippen LogP contribution in [0.4, 0.5) is 0 Å². The van der Waals surface area contributed by atoms with E-state index >= 15 is 0 Å². The third-order valence-corrected chi connectivity index (χ3v) is 2.85. The zero-order valence-electron chi connectivity index (χ0n) is 8.99. The van der Waals surface area contributed by atoms with Crippen LogP contribution in [0.3, 0.4) is 0 Å². The van der Waals surface area contributed by atoms with E-state index in [1.54, 1.807) is 18.4 Å². The topological polar surface area (TPSA) is 48.4 Å². The van der Waals surface area contributed by atoms with Crippen molar-refractivity contribution in [1.82, 2.24) is 4.98 Å². The van der Waals surface area contributed by atoms with Crippen molar-refractivity contribution in [2.75, 3.05) is 14.2 Å². The molecule has 0 saturated carbocycles. The summed E-state index contributed by atoms with van der Waals surface area (Å²) >= 11 is 1.61. The van der Waals surface area contributed by atoms with Gasteiger partial charge in [0.15, 0.2) is 0 Å². The summed E-state index contributed by atoms with van der Waals surface area (Å²) < 4.78 is 9.53. The molecule has 15 heavy (non-hydrogen) atoms. The quantitative estimate of drug-likeness (QED) is 0.698. The zero-order valence-corrected chi connectivity index (χ0v) is 9.80. The number of hydrogen-bond acceptors (Lipinski definition) is 5. The lowest BCUT2D eigenvalue weighted by Crippen LogP contribution is -2.00. The minimum Gasteiger partial charge on any atom is -0.469 e. The fourth-order valence-corrected chi connectivity index (χ4v) is 1.99. The van der Waals surface area contributed by atoms with Gasteiger partial charge in [-0.1, -0.05) is 0 Å². The summed E-state index contributed by atoms with van der Waals surface area (Å²) in [7, 11) is 3.05. The van der Waals surface area contributed by atoms with Crippen LogP contribution < -0.4 is 0 Å². The largest absolute Gasteiger partial charge is 0.469 e. The van der Waals surface area contributed by atoms with Crippen LogP contribution in [-0.2, 0) is 27.3 Å². The molecular formula is C10H15NO3S. The molecule has 0 saturated heterocycles. The summed E-state index contributed by atoms with van der Waals surface area (Å²) in [6.45, 7) is 0.549. The lowest BCUT2D eigenvalue weighted by atomic mass is 10.2. The van der Waals surface area contributed by atoms with Crippen molar-refractivity contribution in [3.8, 4) is 0 Å². The number of methoxy groups -OCH3 is 2. The number of aryl methyl sites for hydroxylation is 1. The molecule has 0 amide bonds. The summed E-state index contributed by atoms with van der Waals surface area (Å²) in [5.41, 5.74) is 0.954. The Morgan fingerprint density at radius 2 is 2.33 bits per heavy atom. The van der Waals surface area contributed by atoms with E-state index in [0.29, 0.717) is 13.0 Å². The number of hydrogen-bond donors (Lipinski definition) is 0. The van der Waals surface area contributed by atoms with Gasteiger partial charge in [-0.25, -0.2) is 4.98 Å². The Morgan fingerprint density at radius 3 is 3.00 bits per heavy atom. The fraction of sp³-hybridized carbons (Fsp3) is 0.600. The van der Waals surface area contributed by atoms with E-state index in [1.807, 2.05) is 5.38 Å². The van der Waals surface area contributed by atoms with E-state index in [4.69, 9.17) is 4.74 Å². The van der Waals surface area contributed by atoms with Crippen molar-refractivity contribution in [3.63, 3.8) is 0 Å². The highest BCUT2D eigenvalue weighted by molar-refractivity contribution is 7.09. The van der Waals surface area contributed by atoms with Gasteiger partial charge in [0.05, 0.1) is 24.4 Å². The fourth-order valence-electron chi connectivity index (χ4n) is 1.16. The van der Waals surface area contributed by atoms with Crippen LogP contribution in [0, 0.1) is 0 Å². The molecule has 1 aromatic heterocycles. The van der Waals surface area contributed by atoms with E-state index in [9.17, 15) is 4.79 Å². The third kappa shape index (κ3) is 4.40. The number of thiazole rings is 1. The van der Waals surface area contributed by atoms with E-state index in [2.05, 4.69) is 9.72 Å². The summed E-state index contributed by atoms with van der Waals surface area (Å²) in [6, 6.07) is 0. The molecule has 0 bridgehead atoms. The predicted molar refractivity (Wildman–Crippen MR) is 57.8 cm³/mol. The molecule has 0 spiro atoms. The Morgan fingerprint density at radius 1 is 1.53 bits per heavy atom. The average molecular weight is 229 g/mol. The first-order valence-electron chi connectivity index (χ1n) is 4.75. The maximum Gasteiger partial charge on any atom is 0.305 e. The molecule has 0 aliphatic heterocycles. The second kappa shape index (κ2) is 6.53. The lowest BCUT2D eigenvalue weighted by Gasteiger charge is -1.97. The number of aromatic nitrogens is 1. The molecule has 1 aromatic rings. The second-order valence-electron chi connectivity index (χ2n) is 3.10. The van der Waals surface area contributed by atoms with Crippen LogP contribution in [-0.4, -0.2) is 25.2 Å². The van der Waals surface area contributed by atoms with Gasteiger partial charge < -0.3 is 9.47 Å². The molecule has 0 aromatic carbocycles. The number of rotatable bonds is 6. The van der Waals surface area contributed by atoms with Crippen LogP contribution in [0.1, 0.15) is 23.5 Å². The highest BCUT2D eigenvalue weighted by atomic mass is 32.1. The Kier molecular flexibility index (Phi) is 5.28. The van der Waals surface area contributed by atoms with Crippen molar-refractivity contribution >= 4 is 17.3 Å². The number of carbonyl (C=O) groups is 1. The number of carbonyl (C=O) groups excluding carboxylic acids is 1. The Balaban J connectivity index is 2.28. The predicted octanol–water partition coefficient (Wildman–Crippen LogP) is 1.79. The normalized spacial score (nSPS) is 10.3. The van der Waals surface area contributed by atoms with Gasteiger partial charge in [-0.2, -0.15) is 0 Å². The van der Waals surface area contributed by atoms with Crippen LogP contribution >= 0.6 is 11.3 Å². The molecule has 1 heterocycles. The molecular weight excluding hydrogens is 214 g/mol. The van der Waals surface area contributed by atoms with E-state index < -0.39 is 0 Å². The third-order valence-electron chi connectivity index (χ3n) is 1.89.